The van der Waals surface area contributed by atoms with Crippen LogP contribution in [0.5, 0.6) is 0 Å². The molecule has 3 heterocycles. The van der Waals surface area contributed by atoms with E-state index in [1.165, 1.54) is 10.9 Å². The largest absolute Gasteiger partial charge is 0.359 e. The summed E-state index contributed by atoms with van der Waals surface area (Å²) in [5.74, 6) is 0.850. The molecule has 1 N–H and O–H groups in total. The third-order valence-corrected chi connectivity index (χ3v) is 3.46. The first kappa shape index (κ1) is 13.8. The number of nitrogens with one attached hydrogen (secondary N) is 1. The van der Waals surface area contributed by atoms with Crippen molar-refractivity contribution in [1.29, 1.82) is 0 Å². The van der Waals surface area contributed by atoms with Crippen LogP contribution in [0.15, 0.2) is 35.1 Å². The molecule has 21 heavy (non-hydrogen) atoms. The molecule has 0 fully saturated rings. The van der Waals surface area contributed by atoms with Gasteiger partial charge in [0, 0.05) is 30.4 Å². The summed E-state index contributed by atoms with van der Waals surface area (Å²) in [6.07, 6.45) is 5.11. The van der Waals surface area contributed by atoms with E-state index in [1.54, 1.807) is 0 Å². The first-order valence-corrected chi connectivity index (χ1v) is 7.33. The minimum absolute atomic E-state index is 0.655. The molecule has 0 aromatic carbocycles. The number of hydrogen-bond acceptors (Lipinski definition) is 4. The summed E-state index contributed by atoms with van der Waals surface area (Å²) in [6.45, 7) is 6.64. The monoisotopic (exact) mass is 284 g/mol. The first-order chi connectivity index (χ1) is 10.3. The van der Waals surface area contributed by atoms with Gasteiger partial charge >= 0.3 is 0 Å². The molecule has 0 amide bonds. The third kappa shape index (κ3) is 2.97. The van der Waals surface area contributed by atoms with Gasteiger partial charge in [0.25, 0.3) is 0 Å². The fourth-order valence-corrected chi connectivity index (χ4v) is 2.52. The number of hydrogen-bond donors (Lipinski definition) is 1. The van der Waals surface area contributed by atoms with Crippen LogP contribution in [0.2, 0.25) is 0 Å². The van der Waals surface area contributed by atoms with Crippen molar-refractivity contribution in [2.45, 2.75) is 33.4 Å². The van der Waals surface area contributed by atoms with Crippen LogP contribution in [-0.2, 0) is 13.1 Å². The first-order valence-electron chi connectivity index (χ1n) is 7.33. The minimum atomic E-state index is 0.655. The smallest absolute Gasteiger partial charge is 0.156 e. The topological polar surface area (TPSA) is 55.9 Å². The predicted molar refractivity (Wildman–Crippen MR) is 82.1 cm³/mol. The molecule has 0 aliphatic heterocycles. The molecule has 3 rings (SSSR count). The van der Waals surface area contributed by atoms with E-state index < -0.39 is 0 Å². The minimum Gasteiger partial charge on any atom is -0.359 e. The maximum absolute atomic E-state index is 5.31. The average Bonchev–Trinajstić information content (AvgIpc) is 3.05. The summed E-state index contributed by atoms with van der Waals surface area (Å²) in [7, 11) is 0. The summed E-state index contributed by atoms with van der Waals surface area (Å²) in [6, 6.07) is 6.06. The van der Waals surface area contributed by atoms with Gasteiger partial charge in [-0.25, -0.2) is 4.98 Å². The van der Waals surface area contributed by atoms with E-state index in [9.17, 15) is 0 Å². The number of pyridine rings is 1. The lowest BCUT2D eigenvalue weighted by Crippen LogP contribution is -2.13. The van der Waals surface area contributed by atoms with Gasteiger partial charge in [-0.15, -0.1) is 0 Å². The molecule has 0 saturated heterocycles. The van der Waals surface area contributed by atoms with Gasteiger partial charge in [0.2, 0.25) is 0 Å². The number of fused-ring (bicyclic) bond motifs is 1. The van der Waals surface area contributed by atoms with E-state index in [0.717, 1.165) is 36.6 Å². The zero-order valence-corrected chi connectivity index (χ0v) is 12.5. The van der Waals surface area contributed by atoms with Crippen LogP contribution in [0.4, 0.5) is 0 Å². The van der Waals surface area contributed by atoms with E-state index in [1.807, 2.05) is 25.3 Å². The molecule has 0 aliphatic carbocycles. The quantitative estimate of drug-likeness (QED) is 0.707. The van der Waals surface area contributed by atoms with Gasteiger partial charge in [-0.3, -0.25) is 0 Å². The molecule has 110 valence electrons. The lowest BCUT2D eigenvalue weighted by molar-refractivity contribution is 0.374. The number of nitrogens with zero attached hydrogens (tertiary/aromatic N) is 3. The van der Waals surface area contributed by atoms with Gasteiger partial charge in [-0.05, 0) is 37.6 Å². The van der Waals surface area contributed by atoms with Gasteiger partial charge in [-0.2, -0.15) is 0 Å². The molecule has 0 unspecified atom stereocenters. The fourth-order valence-electron chi connectivity index (χ4n) is 2.52. The zero-order chi connectivity index (χ0) is 14.7. The van der Waals surface area contributed by atoms with Crippen LogP contribution >= 0.6 is 0 Å². The number of aromatic nitrogens is 3. The Morgan fingerprint density at radius 1 is 1.38 bits per heavy atom. The average molecular weight is 284 g/mol. The maximum Gasteiger partial charge on any atom is 0.156 e. The van der Waals surface area contributed by atoms with Crippen molar-refractivity contribution in [1.82, 2.24) is 20.0 Å². The van der Waals surface area contributed by atoms with Crippen LogP contribution in [0.25, 0.3) is 11.0 Å². The fraction of sp³-hybridized carbons (Fsp3) is 0.375. The van der Waals surface area contributed by atoms with Gasteiger partial charge in [0.05, 0.1) is 12.2 Å². The highest BCUT2D eigenvalue weighted by molar-refractivity contribution is 5.80. The molecule has 0 radical (unpaired) electrons. The van der Waals surface area contributed by atoms with Crippen molar-refractivity contribution >= 4 is 11.0 Å². The molecule has 0 saturated carbocycles. The Morgan fingerprint density at radius 2 is 2.29 bits per heavy atom. The summed E-state index contributed by atoms with van der Waals surface area (Å²) < 4.78 is 7.43. The molecular weight excluding hydrogens is 264 g/mol. The Labute approximate surface area is 124 Å². The Balaban J connectivity index is 1.90. The third-order valence-electron chi connectivity index (χ3n) is 3.46. The number of aryl methyl sites for hydroxylation is 1. The highest BCUT2D eigenvalue weighted by Crippen LogP contribution is 2.20. The van der Waals surface area contributed by atoms with Crippen LogP contribution in [0.3, 0.4) is 0 Å². The summed E-state index contributed by atoms with van der Waals surface area (Å²) in [5, 5.41) is 8.58. The van der Waals surface area contributed by atoms with Crippen molar-refractivity contribution in [2.75, 3.05) is 6.54 Å². The zero-order valence-electron chi connectivity index (χ0n) is 12.5. The molecular formula is C16H20N4O. The normalized spacial score (nSPS) is 11.3. The Bertz CT molecular complexity index is 729. The Hall–Kier alpha value is -2.14. The summed E-state index contributed by atoms with van der Waals surface area (Å²) in [4.78, 5) is 4.51. The van der Waals surface area contributed by atoms with E-state index in [2.05, 4.69) is 39.2 Å². The van der Waals surface area contributed by atoms with Crippen molar-refractivity contribution in [3.8, 4) is 0 Å². The molecule has 0 atom stereocenters. The molecule has 0 spiro atoms. The summed E-state index contributed by atoms with van der Waals surface area (Å²) in [5.41, 5.74) is 3.15. The van der Waals surface area contributed by atoms with Crippen LogP contribution < -0.4 is 5.32 Å². The van der Waals surface area contributed by atoms with Gasteiger partial charge in [0.1, 0.15) is 5.65 Å². The van der Waals surface area contributed by atoms with E-state index in [4.69, 9.17) is 4.52 Å². The number of rotatable bonds is 6. The van der Waals surface area contributed by atoms with Crippen LogP contribution in [0, 0.1) is 6.92 Å². The molecule has 5 nitrogen and oxygen atoms in total. The van der Waals surface area contributed by atoms with Crippen molar-refractivity contribution in [3.05, 3.63) is 47.6 Å². The SMILES string of the molecule is CCCNCc1cn(Cc2cc(C)no2)c2ncccc12. The van der Waals surface area contributed by atoms with Crippen LogP contribution in [-0.4, -0.2) is 21.3 Å². The lowest BCUT2D eigenvalue weighted by Gasteiger charge is -2.00. The van der Waals surface area contributed by atoms with Crippen molar-refractivity contribution in [3.63, 3.8) is 0 Å². The molecule has 5 heteroatoms. The van der Waals surface area contributed by atoms with E-state index in [0.29, 0.717) is 6.54 Å². The highest BCUT2D eigenvalue weighted by Gasteiger charge is 2.11. The molecule has 3 aromatic rings. The molecule has 0 aliphatic rings. The predicted octanol–water partition coefficient (Wildman–Crippen LogP) is 2.88. The Morgan fingerprint density at radius 3 is 3.05 bits per heavy atom. The highest BCUT2D eigenvalue weighted by atomic mass is 16.5. The van der Waals surface area contributed by atoms with E-state index in [-0.39, 0.29) is 0 Å². The Kier molecular flexibility index (Phi) is 4.01. The van der Waals surface area contributed by atoms with Crippen molar-refractivity contribution in [2.24, 2.45) is 0 Å². The lowest BCUT2D eigenvalue weighted by atomic mass is 10.2. The maximum atomic E-state index is 5.31. The van der Waals surface area contributed by atoms with Gasteiger partial charge < -0.3 is 14.4 Å². The second-order valence-corrected chi connectivity index (χ2v) is 5.27. The van der Waals surface area contributed by atoms with Gasteiger partial charge in [-0.1, -0.05) is 12.1 Å². The van der Waals surface area contributed by atoms with Crippen LogP contribution in [0.1, 0.15) is 30.4 Å². The summed E-state index contributed by atoms with van der Waals surface area (Å²) >= 11 is 0. The standard InChI is InChI=1S/C16H20N4O/c1-3-6-17-9-13-10-20(11-14-8-12(2)19-21-14)16-15(13)5-4-7-18-16/h4-5,7-8,10,17H,3,6,9,11H2,1-2H3. The molecule has 3 aromatic heterocycles. The van der Waals surface area contributed by atoms with Crippen molar-refractivity contribution < 1.29 is 4.52 Å². The van der Waals surface area contributed by atoms with Gasteiger partial charge in [0.15, 0.2) is 5.76 Å². The second kappa shape index (κ2) is 6.10. The second-order valence-electron chi connectivity index (χ2n) is 5.27. The van der Waals surface area contributed by atoms with E-state index >= 15 is 0 Å². The molecule has 0 bridgehead atoms.